The van der Waals surface area contributed by atoms with E-state index in [4.69, 9.17) is 9.26 Å². The molecule has 1 amide bonds. The number of rotatable bonds is 6. The van der Waals surface area contributed by atoms with Crippen LogP contribution in [0.15, 0.2) is 28.8 Å². The Morgan fingerprint density at radius 1 is 1.19 bits per heavy atom. The minimum atomic E-state index is 0.170. The number of nitrogens with zero attached hydrogens (tertiary/aromatic N) is 4. The summed E-state index contributed by atoms with van der Waals surface area (Å²) in [5.41, 5.74) is 1.01. The van der Waals surface area contributed by atoms with E-state index in [0.29, 0.717) is 24.8 Å². The third-order valence-corrected chi connectivity index (χ3v) is 5.02. The van der Waals surface area contributed by atoms with E-state index in [-0.39, 0.29) is 5.91 Å². The molecule has 0 N–H and O–H groups in total. The van der Waals surface area contributed by atoms with Gasteiger partial charge in [0.1, 0.15) is 5.75 Å². The van der Waals surface area contributed by atoms with Crippen LogP contribution in [-0.2, 0) is 17.8 Å². The van der Waals surface area contributed by atoms with Crippen LogP contribution < -0.4 is 4.74 Å². The van der Waals surface area contributed by atoms with Crippen LogP contribution in [0.5, 0.6) is 5.75 Å². The lowest BCUT2D eigenvalue weighted by Crippen LogP contribution is -2.48. The van der Waals surface area contributed by atoms with Gasteiger partial charge in [-0.25, -0.2) is 0 Å². The molecule has 0 bridgehead atoms. The van der Waals surface area contributed by atoms with E-state index in [1.54, 1.807) is 7.11 Å². The molecule has 26 heavy (non-hydrogen) atoms. The summed E-state index contributed by atoms with van der Waals surface area (Å²) in [5, 5.41) is 4.06. The molecule has 2 aromatic rings. The Labute approximate surface area is 152 Å². The van der Waals surface area contributed by atoms with Gasteiger partial charge in [0, 0.05) is 32.1 Å². The predicted molar refractivity (Wildman–Crippen MR) is 94.8 cm³/mol. The average molecular weight is 356 g/mol. The molecular weight excluding hydrogens is 332 g/mol. The molecule has 1 aromatic heterocycles. The maximum Gasteiger partial charge on any atom is 0.240 e. The van der Waals surface area contributed by atoms with Crippen molar-refractivity contribution in [2.45, 2.75) is 31.7 Å². The molecule has 2 fully saturated rings. The number of carbonyl (C=O) groups is 1. The molecule has 1 aromatic carbocycles. The second-order valence-electron chi connectivity index (χ2n) is 7.00. The van der Waals surface area contributed by atoms with Crippen molar-refractivity contribution in [2.24, 2.45) is 0 Å². The summed E-state index contributed by atoms with van der Waals surface area (Å²) in [4.78, 5) is 21.2. The predicted octanol–water partition coefficient (Wildman–Crippen LogP) is 1.84. The van der Waals surface area contributed by atoms with E-state index in [2.05, 4.69) is 15.0 Å². The van der Waals surface area contributed by atoms with Gasteiger partial charge in [0.15, 0.2) is 5.82 Å². The van der Waals surface area contributed by atoms with Gasteiger partial charge in [-0.05, 0) is 30.5 Å². The highest BCUT2D eigenvalue weighted by molar-refractivity contribution is 5.78. The first-order valence-corrected chi connectivity index (χ1v) is 9.17. The van der Waals surface area contributed by atoms with Gasteiger partial charge in [0.05, 0.1) is 20.1 Å². The molecule has 138 valence electrons. The van der Waals surface area contributed by atoms with Crippen LogP contribution in [0.25, 0.3) is 0 Å². The van der Waals surface area contributed by atoms with Crippen molar-refractivity contribution < 1.29 is 14.1 Å². The summed E-state index contributed by atoms with van der Waals surface area (Å²) < 4.78 is 10.5. The van der Waals surface area contributed by atoms with Gasteiger partial charge in [-0.15, -0.1) is 0 Å². The number of carbonyl (C=O) groups excluding carboxylic acids is 1. The molecule has 1 saturated heterocycles. The van der Waals surface area contributed by atoms with Crippen molar-refractivity contribution >= 4 is 5.91 Å². The highest BCUT2D eigenvalue weighted by Gasteiger charge is 2.29. The fourth-order valence-electron chi connectivity index (χ4n) is 3.22. The van der Waals surface area contributed by atoms with Crippen molar-refractivity contribution in [2.75, 3.05) is 33.3 Å². The average Bonchev–Trinajstić information content (AvgIpc) is 3.42. The summed E-state index contributed by atoms with van der Waals surface area (Å²) in [6.07, 6.45) is 2.78. The van der Waals surface area contributed by atoms with E-state index in [1.165, 1.54) is 12.8 Å². The minimum absolute atomic E-state index is 0.170. The summed E-state index contributed by atoms with van der Waals surface area (Å²) >= 11 is 0. The molecule has 7 heteroatoms. The number of hydrogen-bond acceptors (Lipinski definition) is 6. The van der Waals surface area contributed by atoms with E-state index in [9.17, 15) is 4.79 Å². The first-order chi connectivity index (χ1) is 12.7. The highest BCUT2D eigenvalue weighted by atomic mass is 16.5. The molecule has 2 aliphatic rings. The van der Waals surface area contributed by atoms with E-state index in [1.807, 2.05) is 29.2 Å². The highest BCUT2D eigenvalue weighted by Crippen LogP contribution is 2.38. The zero-order valence-corrected chi connectivity index (χ0v) is 15.1. The Hall–Kier alpha value is -2.41. The third-order valence-electron chi connectivity index (χ3n) is 5.02. The third kappa shape index (κ3) is 4.04. The lowest BCUT2D eigenvalue weighted by Gasteiger charge is -2.34. The zero-order valence-electron chi connectivity index (χ0n) is 15.1. The molecule has 0 unspecified atom stereocenters. The van der Waals surface area contributed by atoms with Gasteiger partial charge in [-0.3, -0.25) is 9.69 Å². The zero-order chi connectivity index (χ0) is 17.9. The molecule has 1 aliphatic heterocycles. The minimum Gasteiger partial charge on any atom is -0.497 e. The number of aromatic nitrogens is 2. The van der Waals surface area contributed by atoms with E-state index in [0.717, 1.165) is 43.3 Å². The second kappa shape index (κ2) is 7.45. The quantitative estimate of drug-likeness (QED) is 0.786. The summed E-state index contributed by atoms with van der Waals surface area (Å²) in [6.45, 7) is 3.79. The Balaban J connectivity index is 1.24. The largest absolute Gasteiger partial charge is 0.497 e. The topological polar surface area (TPSA) is 71.7 Å². The van der Waals surface area contributed by atoms with Crippen LogP contribution in [0, 0.1) is 0 Å². The lowest BCUT2D eigenvalue weighted by molar-refractivity contribution is -0.132. The summed E-state index contributed by atoms with van der Waals surface area (Å²) in [6, 6.07) is 7.67. The van der Waals surface area contributed by atoms with Gasteiger partial charge >= 0.3 is 0 Å². The van der Waals surface area contributed by atoms with Crippen LogP contribution in [-0.4, -0.2) is 59.1 Å². The molecular formula is C19H24N4O3. The number of piperazine rings is 1. The van der Waals surface area contributed by atoms with Crippen LogP contribution in [0.1, 0.15) is 36.0 Å². The number of hydrogen-bond donors (Lipinski definition) is 0. The number of benzene rings is 1. The molecule has 1 aliphatic carbocycles. The Morgan fingerprint density at radius 3 is 2.58 bits per heavy atom. The molecule has 4 rings (SSSR count). The van der Waals surface area contributed by atoms with Crippen molar-refractivity contribution in [3.63, 3.8) is 0 Å². The van der Waals surface area contributed by atoms with Crippen LogP contribution in [0.4, 0.5) is 0 Å². The Bertz CT molecular complexity index is 746. The van der Waals surface area contributed by atoms with Crippen molar-refractivity contribution in [3.8, 4) is 5.75 Å². The lowest BCUT2D eigenvalue weighted by atomic mass is 10.1. The van der Waals surface area contributed by atoms with Crippen molar-refractivity contribution in [1.29, 1.82) is 0 Å². The first-order valence-electron chi connectivity index (χ1n) is 9.17. The molecule has 7 nitrogen and oxygen atoms in total. The smallest absolute Gasteiger partial charge is 0.240 e. The SMILES string of the molecule is COc1ccc(CC(=O)N2CCN(Cc3nc(C4CC4)no3)CC2)cc1. The van der Waals surface area contributed by atoms with E-state index < -0.39 is 0 Å². The molecule has 0 spiro atoms. The number of amides is 1. The first kappa shape index (κ1) is 17.0. The fraction of sp³-hybridized carbons (Fsp3) is 0.526. The monoisotopic (exact) mass is 356 g/mol. The van der Waals surface area contributed by atoms with Gasteiger partial charge < -0.3 is 14.2 Å². The van der Waals surface area contributed by atoms with Gasteiger partial charge in [0.25, 0.3) is 0 Å². The molecule has 2 heterocycles. The van der Waals surface area contributed by atoms with E-state index >= 15 is 0 Å². The Kier molecular flexibility index (Phi) is 4.88. The number of ether oxygens (including phenoxy) is 1. The summed E-state index contributed by atoms with van der Waals surface area (Å²) in [7, 11) is 1.64. The molecule has 0 atom stereocenters. The normalized spacial score (nSPS) is 18.1. The fourth-order valence-corrected chi connectivity index (χ4v) is 3.22. The van der Waals surface area contributed by atoms with Crippen LogP contribution in [0.2, 0.25) is 0 Å². The van der Waals surface area contributed by atoms with Crippen LogP contribution in [0.3, 0.4) is 0 Å². The van der Waals surface area contributed by atoms with Crippen molar-refractivity contribution in [1.82, 2.24) is 19.9 Å². The number of methoxy groups -OCH3 is 1. The van der Waals surface area contributed by atoms with Gasteiger partial charge in [-0.2, -0.15) is 4.98 Å². The van der Waals surface area contributed by atoms with Crippen molar-refractivity contribution in [3.05, 3.63) is 41.5 Å². The molecule has 0 radical (unpaired) electrons. The maximum atomic E-state index is 12.5. The van der Waals surface area contributed by atoms with Gasteiger partial charge in [0.2, 0.25) is 11.8 Å². The van der Waals surface area contributed by atoms with Gasteiger partial charge in [-0.1, -0.05) is 17.3 Å². The summed E-state index contributed by atoms with van der Waals surface area (Å²) in [5.74, 6) is 3.03. The Morgan fingerprint density at radius 2 is 1.92 bits per heavy atom. The standard InChI is InChI=1S/C19H24N4O3/c1-25-16-6-2-14(3-7-16)12-18(24)23-10-8-22(9-11-23)13-17-20-19(21-26-17)15-4-5-15/h2-3,6-7,15H,4-5,8-13H2,1H3. The second-order valence-corrected chi connectivity index (χ2v) is 7.00. The van der Waals surface area contributed by atoms with Crippen LogP contribution >= 0.6 is 0 Å². The molecule has 1 saturated carbocycles. The maximum absolute atomic E-state index is 12.5.